The highest BCUT2D eigenvalue weighted by molar-refractivity contribution is 9.10. The molecule has 1 amide bonds. The van der Waals surface area contributed by atoms with Gasteiger partial charge in [-0.3, -0.25) is 4.79 Å². The largest absolute Gasteiger partial charge is 0.468 e. The number of halogens is 2. The molecule has 0 atom stereocenters. The third-order valence-electron chi connectivity index (χ3n) is 3.58. The number of furan rings is 1. The molecule has 6 nitrogen and oxygen atoms in total. The fraction of sp³-hybridized carbons (Fsp3) is 0.0556. The van der Waals surface area contributed by atoms with Gasteiger partial charge in [-0.2, -0.15) is 0 Å². The molecule has 0 aliphatic rings. The summed E-state index contributed by atoms with van der Waals surface area (Å²) >= 11 is 9.37. The van der Waals surface area contributed by atoms with Crippen molar-refractivity contribution in [3.8, 4) is 0 Å². The van der Waals surface area contributed by atoms with E-state index in [0.717, 1.165) is 4.47 Å². The third-order valence-corrected chi connectivity index (χ3v) is 5.96. The molecule has 0 bridgehead atoms. The lowest BCUT2D eigenvalue weighted by Crippen LogP contribution is -2.24. The molecule has 0 spiro atoms. The highest BCUT2D eigenvalue weighted by Crippen LogP contribution is 2.24. The minimum atomic E-state index is -3.93. The molecular formula is C18H14BrClN2O4S. The van der Waals surface area contributed by atoms with Gasteiger partial charge in [0.2, 0.25) is 10.0 Å². The Hall–Kier alpha value is -2.13. The summed E-state index contributed by atoms with van der Waals surface area (Å²) in [5, 5.41) is 2.72. The van der Waals surface area contributed by atoms with Crippen molar-refractivity contribution < 1.29 is 17.6 Å². The van der Waals surface area contributed by atoms with Crippen LogP contribution in [-0.2, 0) is 16.6 Å². The number of sulfonamides is 1. The van der Waals surface area contributed by atoms with Crippen molar-refractivity contribution in [3.63, 3.8) is 0 Å². The summed E-state index contributed by atoms with van der Waals surface area (Å²) in [7, 11) is -3.93. The van der Waals surface area contributed by atoms with Crippen molar-refractivity contribution in [2.45, 2.75) is 11.4 Å². The van der Waals surface area contributed by atoms with Crippen LogP contribution in [0.3, 0.4) is 0 Å². The van der Waals surface area contributed by atoms with E-state index >= 15 is 0 Å². The van der Waals surface area contributed by atoms with Gasteiger partial charge in [-0.25, -0.2) is 13.1 Å². The molecule has 2 aromatic carbocycles. The molecule has 1 aromatic heterocycles. The van der Waals surface area contributed by atoms with E-state index in [1.54, 1.807) is 30.3 Å². The van der Waals surface area contributed by atoms with Gasteiger partial charge in [0, 0.05) is 15.7 Å². The normalized spacial score (nSPS) is 11.3. The molecule has 0 aliphatic carbocycles. The van der Waals surface area contributed by atoms with E-state index in [2.05, 4.69) is 26.0 Å². The molecular weight excluding hydrogens is 456 g/mol. The lowest BCUT2D eigenvalue weighted by Gasteiger charge is -2.10. The van der Waals surface area contributed by atoms with Crippen LogP contribution in [0.4, 0.5) is 5.69 Å². The maximum absolute atomic E-state index is 12.6. The molecule has 1 heterocycles. The lowest BCUT2D eigenvalue weighted by molar-refractivity contribution is 0.102. The second-order valence-corrected chi connectivity index (χ2v) is 8.57. The van der Waals surface area contributed by atoms with E-state index in [0.29, 0.717) is 11.4 Å². The molecule has 0 fully saturated rings. The Bertz CT molecular complexity index is 1070. The molecule has 3 aromatic rings. The van der Waals surface area contributed by atoms with Gasteiger partial charge in [0.15, 0.2) is 0 Å². The molecule has 140 valence electrons. The van der Waals surface area contributed by atoms with E-state index in [9.17, 15) is 13.2 Å². The van der Waals surface area contributed by atoms with Gasteiger partial charge in [-0.05, 0) is 48.5 Å². The maximum Gasteiger partial charge on any atom is 0.255 e. The molecule has 0 saturated heterocycles. The summed E-state index contributed by atoms with van der Waals surface area (Å²) in [5.74, 6) is 0.00509. The second kappa shape index (κ2) is 8.26. The number of amides is 1. The van der Waals surface area contributed by atoms with Crippen molar-refractivity contribution in [1.82, 2.24) is 4.72 Å². The lowest BCUT2D eigenvalue weighted by atomic mass is 10.2. The zero-order chi connectivity index (χ0) is 19.4. The van der Waals surface area contributed by atoms with Crippen molar-refractivity contribution >= 4 is 49.1 Å². The summed E-state index contributed by atoms with van der Waals surface area (Å²) < 4.78 is 33.4. The molecule has 2 N–H and O–H groups in total. The molecule has 0 aliphatic heterocycles. The number of rotatable bonds is 6. The number of hydrogen-bond donors (Lipinski definition) is 2. The van der Waals surface area contributed by atoms with Crippen LogP contribution in [-0.4, -0.2) is 14.3 Å². The summed E-state index contributed by atoms with van der Waals surface area (Å²) in [4.78, 5) is 12.3. The van der Waals surface area contributed by atoms with Crippen LogP contribution in [0.2, 0.25) is 5.02 Å². The van der Waals surface area contributed by atoms with Crippen molar-refractivity contribution in [2.24, 2.45) is 0 Å². The van der Waals surface area contributed by atoms with Crippen LogP contribution in [0.25, 0.3) is 0 Å². The first-order valence-electron chi connectivity index (χ1n) is 7.74. The molecule has 0 unspecified atom stereocenters. The van der Waals surface area contributed by atoms with Crippen LogP contribution < -0.4 is 10.0 Å². The Morgan fingerprint density at radius 1 is 1.11 bits per heavy atom. The van der Waals surface area contributed by atoms with Gasteiger partial charge in [0.1, 0.15) is 10.7 Å². The van der Waals surface area contributed by atoms with E-state index in [-0.39, 0.29) is 22.0 Å². The summed E-state index contributed by atoms with van der Waals surface area (Å²) in [6, 6.07) is 14.4. The van der Waals surface area contributed by atoms with E-state index < -0.39 is 15.9 Å². The maximum atomic E-state index is 12.6. The number of carbonyl (C=O) groups is 1. The topological polar surface area (TPSA) is 88.4 Å². The SMILES string of the molecule is O=C(Nc1cccc(Br)c1)c1ccc(Cl)c(S(=O)(=O)NCc2ccco2)c1. The molecule has 0 saturated carbocycles. The number of nitrogens with one attached hydrogen (secondary N) is 2. The third kappa shape index (κ3) is 4.98. The quantitative estimate of drug-likeness (QED) is 0.559. The average molecular weight is 470 g/mol. The fourth-order valence-electron chi connectivity index (χ4n) is 2.28. The van der Waals surface area contributed by atoms with Gasteiger partial charge in [-0.15, -0.1) is 0 Å². The number of hydrogen-bond acceptors (Lipinski definition) is 4. The Balaban J connectivity index is 1.81. The number of carbonyl (C=O) groups excluding carboxylic acids is 1. The van der Waals surface area contributed by atoms with Crippen LogP contribution in [0, 0.1) is 0 Å². The molecule has 0 radical (unpaired) electrons. The van der Waals surface area contributed by atoms with Gasteiger partial charge in [0.05, 0.1) is 17.8 Å². The zero-order valence-electron chi connectivity index (χ0n) is 13.8. The Morgan fingerprint density at radius 2 is 1.93 bits per heavy atom. The van der Waals surface area contributed by atoms with Crippen molar-refractivity contribution in [2.75, 3.05) is 5.32 Å². The smallest absolute Gasteiger partial charge is 0.255 e. The van der Waals surface area contributed by atoms with Gasteiger partial charge < -0.3 is 9.73 Å². The van der Waals surface area contributed by atoms with Crippen LogP contribution in [0.1, 0.15) is 16.1 Å². The Kier molecular flexibility index (Phi) is 6.01. The van der Waals surface area contributed by atoms with Gasteiger partial charge in [-0.1, -0.05) is 33.6 Å². The molecule has 9 heteroatoms. The van der Waals surface area contributed by atoms with E-state index in [1.807, 2.05) is 6.07 Å². The van der Waals surface area contributed by atoms with Gasteiger partial charge >= 0.3 is 0 Å². The highest BCUT2D eigenvalue weighted by atomic mass is 79.9. The van der Waals surface area contributed by atoms with Crippen molar-refractivity contribution in [3.05, 3.63) is 81.7 Å². The van der Waals surface area contributed by atoms with Crippen LogP contribution in [0.15, 0.2) is 74.6 Å². The van der Waals surface area contributed by atoms with E-state index in [4.69, 9.17) is 16.0 Å². The predicted molar refractivity (Wildman–Crippen MR) is 106 cm³/mol. The monoisotopic (exact) mass is 468 g/mol. The molecule has 27 heavy (non-hydrogen) atoms. The van der Waals surface area contributed by atoms with Crippen molar-refractivity contribution in [1.29, 1.82) is 0 Å². The molecule has 3 rings (SSSR count). The Morgan fingerprint density at radius 3 is 2.63 bits per heavy atom. The summed E-state index contributed by atoms with van der Waals surface area (Å²) in [5.41, 5.74) is 0.738. The highest BCUT2D eigenvalue weighted by Gasteiger charge is 2.20. The van der Waals surface area contributed by atoms with Crippen LogP contribution in [0.5, 0.6) is 0 Å². The first kappa shape index (κ1) is 19.6. The second-order valence-electron chi connectivity index (χ2n) is 5.51. The first-order valence-corrected chi connectivity index (χ1v) is 10.4. The fourth-order valence-corrected chi connectivity index (χ4v) is 4.19. The number of benzene rings is 2. The minimum absolute atomic E-state index is 0.0148. The predicted octanol–water partition coefficient (Wildman–Crippen LogP) is 4.43. The summed E-state index contributed by atoms with van der Waals surface area (Å²) in [6.45, 7) is -0.0277. The van der Waals surface area contributed by atoms with Gasteiger partial charge in [0.25, 0.3) is 5.91 Å². The zero-order valence-corrected chi connectivity index (χ0v) is 16.9. The average Bonchev–Trinajstić information content (AvgIpc) is 3.14. The standard InChI is InChI=1S/C18H14BrClN2O4S/c19-13-3-1-4-14(10-13)22-18(23)12-6-7-16(20)17(9-12)27(24,25)21-11-15-5-2-8-26-15/h1-10,21H,11H2,(H,22,23). The summed E-state index contributed by atoms with van der Waals surface area (Å²) in [6.07, 6.45) is 1.45. The first-order chi connectivity index (χ1) is 12.8. The number of anilines is 1. The van der Waals surface area contributed by atoms with Crippen LogP contribution >= 0.6 is 27.5 Å². The van der Waals surface area contributed by atoms with E-state index in [1.165, 1.54) is 24.5 Å². The minimum Gasteiger partial charge on any atom is -0.468 e. The Labute approximate surface area is 169 Å².